The molecule has 26 heavy (non-hydrogen) atoms. The Balaban J connectivity index is 1.95. The van der Waals surface area contributed by atoms with Crippen LogP contribution in [0.4, 0.5) is 0 Å². The van der Waals surface area contributed by atoms with E-state index in [0.717, 1.165) is 11.5 Å². The third-order valence-corrected chi connectivity index (χ3v) is 11.1. The van der Waals surface area contributed by atoms with E-state index in [9.17, 15) is 0 Å². The summed E-state index contributed by atoms with van der Waals surface area (Å²) in [6.07, 6.45) is 10.7. The van der Waals surface area contributed by atoms with Crippen LogP contribution in [0.3, 0.4) is 0 Å². The Hall–Kier alpha value is -1.10. The van der Waals surface area contributed by atoms with Crippen LogP contribution in [0.2, 0.25) is 0 Å². The first-order chi connectivity index (χ1) is 12.8. The average Bonchev–Trinajstić information content (AvgIpc) is 3.40. The van der Waals surface area contributed by atoms with E-state index in [1.807, 2.05) is 14.2 Å². The van der Waals surface area contributed by atoms with E-state index in [4.69, 9.17) is 9.47 Å². The molecule has 4 heteroatoms. The SMILES string of the molecule is COc1c(P2CCCC2)cc(-c2ccccc2)c(P2CCCC2)c1OC. The lowest BCUT2D eigenvalue weighted by Gasteiger charge is -2.26. The molecule has 4 rings (SSSR count). The van der Waals surface area contributed by atoms with Crippen LogP contribution >= 0.6 is 15.8 Å². The molecule has 2 aromatic carbocycles. The van der Waals surface area contributed by atoms with E-state index in [1.165, 1.54) is 72.1 Å². The molecule has 2 aromatic rings. The summed E-state index contributed by atoms with van der Waals surface area (Å²) in [5, 5.41) is 2.87. The van der Waals surface area contributed by atoms with Gasteiger partial charge in [-0.3, -0.25) is 0 Å². The molecule has 2 fully saturated rings. The summed E-state index contributed by atoms with van der Waals surface area (Å²) in [5.41, 5.74) is 2.73. The average molecular weight is 386 g/mol. The predicted octanol–water partition coefficient (Wildman–Crippen LogP) is 5.17. The van der Waals surface area contributed by atoms with Crippen molar-refractivity contribution in [3.63, 3.8) is 0 Å². The van der Waals surface area contributed by atoms with Gasteiger partial charge < -0.3 is 9.47 Å². The lowest BCUT2D eigenvalue weighted by Crippen LogP contribution is -2.19. The van der Waals surface area contributed by atoms with Crippen molar-refractivity contribution in [2.75, 3.05) is 38.9 Å². The summed E-state index contributed by atoms with van der Waals surface area (Å²) in [4.78, 5) is 0. The van der Waals surface area contributed by atoms with Crippen LogP contribution in [0, 0.1) is 0 Å². The van der Waals surface area contributed by atoms with Gasteiger partial charge in [-0.15, -0.1) is 0 Å². The second-order valence-electron chi connectivity index (χ2n) is 7.11. The molecular formula is C22H28O2P2. The molecule has 2 aliphatic heterocycles. The van der Waals surface area contributed by atoms with Gasteiger partial charge in [-0.1, -0.05) is 46.2 Å². The van der Waals surface area contributed by atoms with Gasteiger partial charge in [0.15, 0.2) is 11.5 Å². The van der Waals surface area contributed by atoms with Gasteiger partial charge >= 0.3 is 0 Å². The van der Waals surface area contributed by atoms with Gasteiger partial charge in [-0.25, -0.2) is 0 Å². The van der Waals surface area contributed by atoms with Crippen LogP contribution in [0.1, 0.15) is 25.7 Å². The molecule has 2 heterocycles. The fourth-order valence-corrected chi connectivity index (χ4v) is 9.89. The summed E-state index contributed by atoms with van der Waals surface area (Å²) in [7, 11) is 3.37. The minimum atomic E-state index is -0.156. The van der Waals surface area contributed by atoms with Crippen molar-refractivity contribution < 1.29 is 9.47 Å². The summed E-state index contributed by atoms with van der Waals surface area (Å²) >= 11 is 0. The number of rotatable bonds is 5. The van der Waals surface area contributed by atoms with Crippen LogP contribution in [-0.4, -0.2) is 38.9 Å². The Morgan fingerprint density at radius 1 is 0.731 bits per heavy atom. The minimum Gasteiger partial charge on any atom is -0.492 e. The van der Waals surface area contributed by atoms with Crippen LogP contribution in [0.15, 0.2) is 36.4 Å². The molecule has 0 amide bonds. The fraction of sp³-hybridized carbons (Fsp3) is 0.455. The highest BCUT2D eigenvalue weighted by atomic mass is 31.1. The highest BCUT2D eigenvalue weighted by Crippen LogP contribution is 2.52. The van der Waals surface area contributed by atoms with Gasteiger partial charge in [0, 0.05) is 10.6 Å². The van der Waals surface area contributed by atoms with Crippen molar-refractivity contribution in [1.82, 2.24) is 0 Å². The topological polar surface area (TPSA) is 18.5 Å². The molecular weight excluding hydrogens is 358 g/mol. The summed E-state index contributed by atoms with van der Waals surface area (Å²) in [6.45, 7) is 0. The Bertz CT molecular complexity index is 748. The third-order valence-electron chi connectivity index (χ3n) is 5.55. The van der Waals surface area contributed by atoms with E-state index >= 15 is 0 Å². The Labute approximate surface area is 159 Å². The fourth-order valence-electron chi connectivity index (χ4n) is 4.29. The van der Waals surface area contributed by atoms with Crippen LogP contribution < -0.4 is 20.1 Å². The van der Waals surface area contributed by atoms with E-state index in [2.05, 4.69) is 36.4 Å². The second-order valence-corrected chi connectivity index (χ2v) is 12.0. The normalized spacial score (nSPS) is 18.4. The predicted molar refractivity (Wildman–Crippen MR) is 116 cm³/mol. The Morgan fingerprint density at radius 3 is 1.88 bits per heavy atom. The smallest absolute Gasteiger partial charge is 0.169 e. The van der Waals surface area contributed by atoms with Crippen molar-refractivity contribution in [3.05, 3.63) is 36.4 Å². The Morgan fingerprint density at radius 2 is 1.31 bits per heavy atom. The van der Waals surface area contributed by atoms with Gasteiger partial charge in [0.05, 0.1) is 14.2 Å². The van der Waals surface area contributed by atoms with Crippen molar-refractivity contribution in [3.8, 4) is 22.6 Å². The molecule has 2 saturated heterocycles. The first-order valence-electron chi connectivity index (χ1n) is 9.67. The van der Waals surface area contributed by atoms with E-state index in [0.29, 0.717) is 0 Å². The first kappa shape index (κ1) is 18.3. The van der Waals surface area contributed by atoms with Gasteiger partial charge in [-0.05, 0) is 67.5 Å². The first-order valence-corrected chi connectivity index (χ1v) is 13.1. The molecule has 0 N–H and O–H groups in total. The molecule has 0 atom stereocenters. The van der Waals surface area contributed by atoms with Crippen LogP contribution in [0.25, 0.3) is 11.1 Å². The second kappa shape index (κ2) is 8.28. The molecule has 0 saturated carbocycles. The lowest BCUT2D eigenvalue weighted by atomic mass is 10.0. The van der Waals surface area contributed by atoms with Gasteiger partial charge in [0.1, 0.15) is 0 Å². The monoisotopic (exact) mass is 386 g/mol. The maximum Gasteiger partial charge on any atom is 0.169 e. The minimum absolute atomic E-state index is 0.118. The highest BCUT2D eigenvalue weighted by Gasteiger charge is 2.31. The van der Waals surface area contributed by atoms with Crippen molar-refractivity contribution in [2.45, 2.75) is 25.7 Å². The molecule has 0 bridgehead atoms. The molecule has 0 unspecified atom stereocenters. The van der Waals surface area contributed by atoms with Crippen molar-refractivity contribution >= 4 is 26.5 Å². The van der Waals surface area contributed by atoms with Crippen molar-refractivity contribution in [1.29, 1.82) is 0 Å². The van der Waals surface area contributed by atoms with Gasteiger partial charge in [0.2, 0.25) is 0 Å². The van der Waals surface area contributed by atoms with Crippen LogP contribution in [0.5, 0.6) is 11.5 Å². The summed E-state index contributed by atoms with van der Waals surface area (Å²) in [5.74, 6) is 2.07. The maximum absolute atomic E-state index is 6.04. The number of hydrogen-bond acceptors (Lipinski definition) is 2. The summed E-state index contributed by atoms with van der Waals surface area (Å²) < 4.78 is 12.0. The zero-order chi connectivity index (χ0) is 17.9. The van der Waals surface area contributed by atoms with Crippen molar-refractivity contribution in [2.24, 2.45) is 0 Å². The number of methoxy groups -OCH3 is 2. The lowest BCUT2D eigenvalue weighted by molar-refractivity contribution is 0.360. The van der Waals surface area contributed by atoms with E-state index in [1.54, 1.807) is 0 Å². The standard InChI is InChI=1S/C22H28O2P2/c1-23-20-19(25-12-6-7-13-25)16-18(17-10-4-3-5-11-17)22(21(20)24-2)26-14-8-9-15-26/h3-5,10-11,16H,6-9,12-15H2,1-2H3. The molecule has 0 aromatic heterocycles. The zero-order valence-electron chi connectivity index (χ0n) is 15.8. The van der Waals surface area contributed by atoms with E-state index in [-0.39, 0.29) is 15.8 Å². The number of hydrogen-bond donors (Lipinski definition) is 0. The number of ether oxygens (including phenoxy) is 2. The molecule has 0 spiro atoms. The molecule has 2 aliphatic rings. The molecule has 2 nitrogen and oxygen atoms in total. The highest BCUT2D eigenvalue weighted by molar-refractivity contribution is 7.67. The van der Waals surface area contributed by atoms with E-state index < -0.39 is 0 Å². The zero-order valence-corrected chi connectivity index (χ0v) is 17.6. The maximum atomic E-state index is 6.04. The molecule has 0 aliphatic carbocycles. The quantitative estimate of drug-likeness (QED) is 0.660. The van der Waals surface area contributed by atoms with Gasteiger partial charge in [-0.2, -0.15) is 0 Å². The summed E-state index contributed by atoms with van der Waals surface area (Å²) in [6, 6.07) is 13.4. The third kappa shape index (κ3) is 3.39. The molecule has 0 radical (unpaired) electrons. The van der Waals surface area contributed by atoms with Crippen LogP contribution in [-0.2, 0) is 0 Å². The largest absolute Gasteiger partial charge is 0.492 e. The Kier molecular flexibility index (Phi) is 5.82. The molecule has 138 valence electrons. The number of benzene rings is 2. The van der Waals surface area contributed by atoms with Gasteiger partial charge in [0.25, 0.3) is 0 Å².